The second-order valence-corrected chi connectivity index (χ2v) is 9.94. The molecule has 5 nitrogen and oxygen atoms in total. The third kappa shape index (κ3) is 14.9. The first-order valence-corrected chi connectivity index (χ1v) is 14.0. The van der Waals surface area contributed by atoms with E-state index in [-0.39, 0.29) is 24.4 Å². The van der Waals surface area contributed by atoms with Gasteiger partial charge in [-0.15, -0.1) is 12.4 Å². The monoisotopic (exact) mass is 510 g/mol. The molecule has 1 aliphatic rings. The number of rotatable bonds is 19. The van der Waals surface area contributed by atoms with Crippen LogP contribution in [0.3, 0.4) is 0 Å². The van der Waals surface area contributed by atoms with E-state index in [1.165, 1.54) is 70.6 Å². The van der Waals surface area contributed by atoms with Gasteiger partial charge in [-0.2, -0.15) is 0 Å². The van der Waals surface area contributed by atoms with Crippen molar-refractivity contribution < 1.29 is 14.6 Å². The van der Waals surface area contributed by atoms with E-state index in [1.807, 2.05) is 30.3 Å². The van der Waals surface area contributed by atoms with Gasteiger partial charge < -0.3 is 15.2 Å². The summed E-state index contributed by atoms with van der Waals surface area (Å²) in [6.45, 7) is 6.01. The average Bonchev–Trinajstić information content (AvgIpc) is 2.87. The van der Waals surface area contributed by atoms with Crippen molar-refractivity contribution in [2.45, 2.75) is 109 Å². The number of hydrogen-bond donors (Lipinski definition) is 2. The summed E-state index contributed by atoms with van der Waals surface area (Å²) in [5, 5.41) is 14.1. The minimum absolute atomic E-state index is 0. The van der Waals surface area contributed by atoms with E-state index in [1.54, 1.807) is 0 Å². The average molecular weight is 511 g/mol. The van der Waals surface area contributed by atoms with Gasteiger partial charge in [0, 0.05) is 26.1 Å². The molecule has 2 atom stereocenters. The second-order valence-electron chi connectivity index (χ2n) is 9.94. The van der Waals surface area contributed by atoms with Gasteiger partial charge >= 0.3 is 0 Å². The van der Waals surface area contributed by atoms with Crippen LogP contribution in [0.4, 0.5) is 0 Å². The van der Waals surface area contributed by atoms with E-state index >= 15 is 0 Å². The summed E-state index contributed by atoms with van der Waals surface area (Å²) < 4.78 is 5.45. The highest BCUT2D eigenvalue weighted by molar-refractivity contribution is 5.85. The maximum absolute atomic E-state index is 12.7. The number of nitrogens with zero attached hydrogens (tertiary/aromatic N) is 1. The lowest BCUT2D eigenvalue weighted by Gasteiger charge is -2.33. The Kier molecular flexibility index (Phi) is 19.1. The molecule has 0 aromatic heterocycles. The molecule has 1 aromatic carbocycles. The summed E-state index contributed by atoms with van der Waals surface area (Å²) in [5.41, 5.74) is 0.849. The van der Waals surface area contributed by atoms with Crippen molar-refractivity contribution in [1.29, 1.82) is 0 Å². The highest BCUT2D eigenvalue weighted by atomic mass is 35.5. The number of halogens is 1. The zero-order chi connectivity index (χ0) is 24.3. The first kappa shape index (κ1) is 31.9. The fraction of sp³-hybridized carbons (Fsp3) is 0.759. The van der Waals surface area contributed by atoms with E-state index in [2.05, 4.69) is 17.1 Å². The molecule has 2 N–H and O–H groups in total. The van der Waals surface area contributed by atoms with Crippen molar-refractivity contribution in [3.63, 3.8) is 0 Å². The van der Waals surface area contributed by atoms with Gasteiger partial charge in [-0.05, 0) is 12.0 Å². The Morgan fingerprint density at radius 3 is 1.94 bits per heavy atom. The number of nitrogens with one attached hydrogen (secondary N) is 1. The second kappa shape index (κ2) is 21.0. The lowest BCUT2D eigenvalue weighted by Crippen LogP contribution is -2.49. The molecule has 0 aliphatic carbocycles. The zero-order valence-corrected chi connectivity index (χ0v) is 22.9. The molecule has 2 rings (SSSR count). The maximum Gasteiger partial charge on any atom is 0.220 e. The van der Waals surface area contributed by atoms with Crippen molar-refractivity contribution >= 4 is 18.3 Å². The lowest BCUT2D eigenvalue weighted by atomic mass is 10.0. The normalized spacial score (nSPS) is 15.8. The Bertz CT molecular complexity index is 626. The van der Waals surface area contributed by atoms with Crippen LogP contribution in [0.25, 0.3) is 0 Å². The highest BCUT2D eigenvalue weighted by Crippen LogP contribution is 2.19. The molecule has 1 heterocycles. The standard InChI is InChI=1S/C29H50N2O3.ClH/c1-2-3-4-5-6-7-8-9-10-11-12-13-17-20-28(32)30-27(25-31-21-23-34-24-22-31)29(33)26-18-15-14-16-19-26;/h14-16,18-19,27,29,33H,2-13,17,20-25H2,1H3,(H,30,32);1H/t27-,29-;/m1./s1. The Balaban J connectivity index is 0.00000612. The quantitative estimate of drug-likeness (QED) is 0.210. The fourth-order valence-corrected chi connectivity index (χ4v) is 4.75. The Morgan fingerprint density at radius 2 is 1.40 bits per heavy atom. The van der Waals surface area contributed by atoms with Crippen molar-refractivity contribution in [3.05, 3.63) is 35.9 Å². The Hall–Kier alpha value is -1.14. The molecule has 0 saturated carbocycles. The van der Waals surface area contributed by atoms with Gasteiger partial charge in [-0.3, -0.25) is 9.69 Å². The van der Waals surface area contributed by atoms with Gasteiger partial charge in [0.15, 0.2) is 0 Å². The Morgan fingerprint density at radius 1 is 0.886 bits per heavy atom. The molecule has 202 valence electrons. The molecule has 1 saturated heterocycles. The summed E-state index contributed by atoms with van der Waals surface area (Å²) in [7, 11) is 0. The molecule has 1 aromatic rings. The minimum Gasteiger partial charge on any atom is -0.386 e. The van der Waals surface area contributed by atoms with Crippen LogP contribution in [-0.4, -0.2) is 54.8 Å². The van der Waals surface area contributed by atoms with Crippen molar-refractivity contribution in [2.75, 3.05) is 32.8 Å². The molecule has 1 aliphatic heterocycles. The van der Waals surface area contributed by atoms with Gasteiger partial charge in [0.25, 0.3) is 0 Å². The highest BCUT2D eigenvalue weighted by Gasteiger charge is 2.26. The number of amides is 1. The van der Waals surface area contributed by atoms with Crippen LogP contribution in [-0.2, 0) is 9.53 Å². The zero-order valence-electron chi connectivity index (χ0n) is 22.1. The Labute approximate surface area is 220 Å². The third-order valence-electron chi connectivity index (χ3n) is 6.93. The number of aliphatic hydroxyl groups is 1. The van der Waals surface area contributed by atoms with Gasteiger partial charge in [-0.25, -0.2) is 0 Å². The topological polar surface area (TPSA) is 61.8 Å². The number of hydrogen-bond acceptors (Lipinski definition) is 4. The summed E-state index contributed by atoms with van der Waals surface area (Å²) in [6.07, 6.45) is 16.8. The molecular weight excluding hydrogens is 460 g/mol. The minimum atomic E-state index is -0.709. The lowest BCUT2D eigenvalue weighted by molar-refractivity contribution is -0.123. The third-order valence-corrected chi connectivity index (χ3v) is 6.93. The first-order chi connectivity index (χ1) is 16.7. The molecule has 0 unspecified atom stereocenters. The SMILES string of the molecule is CCCCCCCCCCCCCCCC(=O)N[C@H](CN1CCOCC1)[C@H](O)c1ccccc1.Cl. The number of morpholine rings is 1. The van der Waals surface area contributed by atoms with Gasteiger partial charge in [0.2, 0.25) is 5.91 Å². The molecule has 0 bridgehead atoms. The van der Waals surface area contributed by atoms with Crippen molar-refractivity contribution in [2.24, 2.45) is 0 Å². The van der Waals surface area contributed by atoms with Gasteiger partial charge in [-0.1, -0.05) is 114 Å². The number of ether oxygens (including phenoxy) is 1. The van der Waals surface area contributed by atoms with Crippen LogP contribution in [0, 0.1) is 0 Å². The molecular formula is C29H51ClN2O3. The van der Waals surface area contributed by atoms with Crippen LogP contribution in [0.1, 0.15) is 108 Å². The predicted molar refractivity (Wildman–Crippen MR) is 148 cm³/mol. The van der Waals surface area contributed by atoms with Crippen LogP contribution < -0.4 is 5.32 Å². The van der Waals surface area contributed by atoms with E-state index < -0.39 is 6.10 Å². The van der Waals surface area contributed by atoms with Crippen molar-refractivity contribution in [1.82, 2.24) is 10.2 Å². The van der Waals surface area contributed by atoms with E-state index in [9.17, 15) is 9.90 Å². The molecule has 1 amide bonds. The van der Waals surface area contributed by atoms with Gasteiger partial charge in [0.05, 0.1) is 19.3 Å². The molecule has 0 spiro atoms. The number of carbonyl (C=O) groups excluding carboxylic acids is 1. The fourth-order valence-electron chi connectivity index (χ4n) is 4.75. The van der Waals surface area contributed by atoms with Crippen LogP contribution >= 0.6 is 12.4 Å². The van der Waals surface area contributed by atoms with E-state index in [0.29, 0.717) is 26.2 Å². The summed E-state index contributed by atoms with van der Waals surface area (Å²) in [6, 6.07) is 9.35. The molecule has 1 fully saturated rings. The smallest absolute Gasteiger partial charge is 0.220 e. The maximum atomic E-state index is 12.7. The summed E-state index contributed by atoms with van der Waals surface area (Å²) in [5.74, 6) is 0.0521. The molecule has 35 heavy (non-hydrogen) atoms. The van der Waals surface area contributed by atoms with Crippen molar-refractivity contribution in [3.8, 4) is 0 Å². The summed E-state index contributed by atoms with van der Waals surface area (Å²) >= 11 is 0. The number of aliphatic hydroxyl groups excluding tert-OH is 1. The molecule has 6 heteroatoms. The predicted octanol–water partition coefficient (Wildman–Crippen LogP) is 6.44. The first-order valence-electron chi connectivity index (χ1n) is 14.0. The van der Waals surface area contributed by atoms with E-state index in [0.717, 1.165) is 31.5 Å². The largest absolute Gasteiger partial charge is 0.386 e. The van der Waals surface area contributed by atoms with Gasteiger partial charge in [0.1, 0.15) is 6.10 Å². The van der Waals surface area contributed by atoms with E-state index in [4.69, 9.17) is 4.74 Å². The van der Waals surface area contributed by atoms with Crippen LogP contribution in [0.15, 0.2) is 30.3 Å². The number of carbonyl (C=O) groups is 1. The number of benzene rings is 1. The van der Waals surface area contributed by atoms with Crippen LogP contribution in [0.5, 0.6) is 0 Å². The summed E-state index contributed by atoms with van der Waals surface area (Å²) in [4.78, 5) is 14.9. The molecule has 0 radical (unpaired) electrons. The number of unbranched alkanes of at least 4 members (excludes halogenated alkanes) is 12. The van der Waals surface area contributed by atoms with Crippen LogP contribution in [0.2, 0.25) is 0 Å².